The van der Waals surface area contributed by atoms with Crippen LogP contribution in [0.1, 0.15) is 152 Å². The van der Waals surface area contributed by atoms with Crippen LogP contribution >= 0.6 is 0 Å². The highest BCUT2D eigenvalue weighted by molar-refractivity contribution is 6.32. The van der Waals surface area contributed by atoms with Crippen molar-refractivity contribution in [3.05, 3.63) is 143 Å². The minimum absolute atomic E-state index is 0.387. The van der Waals surface area contributed by atoms with Gasteiger partial charge in [0.1, 0.15) is 0 Å². The van der Waals surface area contributed by atoms with Crippen LogP contribution < -0.4 is 0 Å². The molecule has 1 aliphatic carbocycles. The van der Waals surface area contributed by atoms with E-state index in [9.17, 15) is 0 Å². The van der Waals surface area contributed by atoms with Crippen molar-refractivity contribution < 1.29 is 0 Å². The summed E-state index contributed by atoms with van der Waals surface area (Å²) in [4.78, 5) is 0. The molecule has 284 valence electrons. The fourth-order valence-electron chi connectivity index (χ4n) is 10.1. The van der Waals surface area contributed by atoms with E-state index in [-0.39, 0.29) is 0 Å². The maximum Gasteiger partial charge on any atom is -0.000740 e. The lowest BCUT2D eigenvalue weighted by atomic mass is 9.77. The Kier molecular flexibility index (Phi) is 9.85. The Morgan fingerprint density at radius 2 is 0.571 bits per heavy atom. The van der Waals surface area contributed by atoms with Gasteiger partial charge in [-0.15, -0.1) is 0 Å². The van der Waals surface area contributed by atoms with E-state index in [0.717, 1.165) is 0 Å². The molecule has 0 aliphatic heterocycles. The minimum Gasteiger partial charge on any atom is -0.0617 e. The number of hydrogen-bond donors (Lipinski definition) is 0. The molecular weight excluding hydrogens is 673 g/mol. The van der Waals surface area contributed by atoms with Crippen molar-refractivity contribution in [2.75, 3.05) is 0 Å². The molecule has 0 heterocycles. The van der Waals surface area contributed by atoms with Gasteiger partial charge in [0.25, 0.3) is 0 Å². The largest absolute Gasteiger partial charge is 0.0617 e. The maximum absolute atomic E-state index is 2.51. The molecule has 0 nitrogen and oxygen atoms in total. The van der Waals surface area contributed by atoms with Gasteiger partial charge < -0.3 is 0 Å². The standard InChI is InChI=1S/C56H60/c1-31(2)37-21-15-22-38(32(3)4)49(37)47-29-30-48(50-39(33(5)6)23-16-24-40(50)34(7)8)56-54(47)46-28-18-27-45-52(43-19-13-14-20-44(43)55(56)53(45)46)51-41(35(9)10)25-17-26-42(51)36(11)12/h13-36H,1-12H3. The summed E-state index contributed by atoms with van der Waals surface area (Å²) in [6, 6.07) is 42.7. The number of benzene rings is 7. The Morgan fingerprint density at radius 1 is 0.232 bits per heavy atom. The smallest absolute Gasteiger partial charge is 0.000740 e. The first kappa shape index (κ1) is 38.0. The van der Waals surface area contributed by atoms with Crippen LogP contribution in [0.5, 0.6) is 0 Å². The fourth-order valence-corrected chi connectivity index (χ4v) is 10.1. The highest BCUT2D eigenvalue weighted by atomic mass is 14.4. The van der Waals surface area contributed by atoms with Crippen LogP contribution in [0.4, 0.5) is 0 Å². The fraction of sp³-hybridized carbons (Fsp3) is 0.321. The molecule has 0 aromatic heterocycles. The molecule has 0 saturated heterocycles. The normalized spacial score (nSPS) is 12.5. The zero-order valence-corrected chi connectivity index (χ0v) is 35.9. The van der Waals surface area contributed by atoms with Crippen LogP contribution in [0.2, 0.25) is 0 Å². The van der Waals surface area contributed by atoms with Crippen molar-refractivity contribution in [2.45, 2.75) is 119 Å². The van der Waals surface area contributed by atoms with Gasteiger partial charge in [-0.1, -0.05) is 192 Å². The molecule has 0 unspecified atom stereocenters. The van der Waals surface area contributed by atoms with Gasteiger partial charge in [0.05, 0.1) is 0 Å². The van der Waals surface area contributed by atoms with Crippen LogP contribution in [-0.4, -0.2) is 0 Å². The summed E-state index contributed by atoms with van der Waals surface area (Å²) >= 11 is 0. The highest BCUT2D eigenvalue weighted by Gasteiger charge is 2.34. The first-order valence-corrected chi connectivity index (χ1v) is 21.4. The molecule has 8 rings (SSSR count). The molecule has 0 radical (unpaired) electrons. The topological polar surface area (TPSA) is 0 Å². The SMILES string of the molecule is CC(C)c1cccc(C(C)C)c1-c1ccc(-c2c(C(C)C)cccc2C(C)C)c2c1-c1cccc3c(-c4c(C(C)C)cccc4C(C)C)c4ccccc4c-2c13. The zero-order valence-electron chi connectivity index (χ0n) is 35.9. The van der Waals surface area contributed by atoms with E-state index in [4.69, 9.17) is 0 Å². The molecule has 56 heavy (non-hydrogen) atoms. The van der Waals surface area contributed by atoms with Gasteiger partial charge in [-0.25, -0.2) is 0 Å². The van der Waals surface area contributed by atoms with Crippen molar-refractivity contribution >= 4 is 21.5 Å². The molecule has 0 N–H and O–H groups in total. The lowest BCUT2D eigenvalue weighted by molar-refractivity contribution is 0.837. The molecule has 0 atom stereocenters. The molecule has 1 aliphatic rings. The zero-order chi connectivity index (χ0) is 39.7. The van der Waals surface area contributed by atoms with E-state index < -0.39 is 0 Å². The van der Waals surface area contributed by atoms with E-state index in [1.165, 1.54) is 111 Å². The first-order chi connectivity index (χ1) is 26.8. The molecule has 0 spiro atoms. The number of hydrogen-bond acceptors (Lipinski definition) is 0. The lowest BCUT2D eigenvalue weighted by Crippen LogP contribution is -2.03. The van der Waals surface area contributed by atoms with E-state index >= 15 is 0 Å². The number of fused-ring (bicyclic) bond motifs is 5. The second kappa shape index (κ2) is 14.5. The summed E-state index contributed by atoms with van der Waals surface area (Å²) in [5, 5.41) is 5.46. The molecule has 0 saturated carbocycles. The third kappa shape index (κ3) is 5.86. The van der Waals surface area contributed by atoms with Gasteiger partial charge in [-0.2, -0.15) is 0 Å². The van der Waals surface area contributed by atoms with Crippen molar-refractivity contribution in [3.63, 3.8) is 0 Å². The summed E-state index contributed by atoms with van der Waals surface area (Å²) in [5.41, 5.74) is 22.5. The van der Waals surface area contributed by atoms with Gasteiger partial charge in [-0.05, 0) is 146 Å². The van der Waals surface area contributed by atoms with Crippen LogP contribution in [0.15, 0.2) is 109 Å². The maximum atomic E-state index is 2.51. The van der Waals surface area contributed by atoms with Crippen LogP contribution in [0.3, 0.4) is 0 Å². The molecule has 0 amide bonds. The minimum atomic E-state index is 0.387. The average molecular weight is 733 g/mol. The molecular formula is C56H60. The Morgan fingerprint density at radius 3 is 0.982 bits per heavy atom. The van der Waals surface area contributed by atoms with Crippen LogP contribution in [-0.2, 0) is 0 Å². The third-order valence-corrected chi connectivity index (χ3v) is 12.7. The monoisotopic (exact) mass is 732 g/mol. The van der Waals surface area contributed by atoms with Crippen molar-refractivity contribution in [1.29, 1.82) is 0 Å². The summed E-state index contributed by atoms with van der Waals surface area (Å²) in [5.74, 6) is 2.34. The van der Waals surface area contributed by atoms with Crippen molar-refractivity contribution in [1.82, 2.24) is 0 Å². The second-order valence-corrected chi connectivity index (χ2v) is 18.3. The van der Waals surface area contributed by atoms with Crippen molar-refractivity contribution in [2.24, 2.45) is 0 Å². The van der Waals surface area contributed by atoms with E-state index in [0.29, 0.717) is 35.5 Å². The Balaban J connectivity index is 1.64. The summed E-state index contributed by atoms with van der Waals surface area (Å²) in [6.45, 7) is 28.3. The van der Waals surface area contributed by atoms with Gasteiger partial charge >= 0.3 is 0 Å². The van der Waals surface area contributed by atoms with E-state index in [1.54, 1.807) is 0 Å². The van der Waals surface area contributed by atoms with Gasteiger partial charge in [0, 0.05) is 0 Å². The molecule has 7 aromatic rings. The van der Waals surface area contributed by atoms with Gasteiger partial charge in [0.15, 0.2) is 0 Å². The Labute approximate surface area is 337 Å². The van der Waals surface area contributed by atoms with E-state index in [1.807, 2.05) is 0 Å². The van der Waals surface area contributed by atoms with Crippen molar-refractivity contribution in [3.8, 4) is 55.6 Å². The predicted octanol–water partition coefficient (Wildman–Crippen LogP) is 17.4. The quantitative estimate of drug-likeness (QED) is 0.130. The molecule has 7 aromatic carbocycles. The van der Waals surface area contributed by atoms with Crippen LogP contribution in [0, 0.1) is 0 Å². The lowest BCUT2D eigenvalue weighted by Gasteiger charge is -2.26. The Bertz CT molecular complexity index is 2560. The summed E-state index contributed by atoms with van der Waals surface area (Å²) < 4.78 is 0. The Hall–Kier alpha value is -4.94. The van der Waals surface area contributed by atoms with Crippen LogP contribution in [0.25, 0.3) is 77.2 Å². The molecule has 0 bridgehead atoms. The predicted molar refractivity (Wildman–Crippen MR) is 247 cm³/mol. The molecule has 0 fully saturated rings. The third-order valence-electron chi connectivity index (χ3n) is 12.7. The second-order valence-electron chi connectivity index (χ2n) is 18.3. The van der Waals surface area contributed by atoms with Gasteiger partial charge in [0.2, 0.25) is 0 Å². The number of rotatable bonds is 9. The average Bonchev–Trinajstić information content (AvgIpc) is 3.53. The van der Waals surface area contributed by atoms with E-state index in [2.05, 4.69) is 192 Å². The highest BCUT2D eigenvalue weighted by Crippen LogP contribution is 2.60. The summed E-state index contributed by atoms with van der Waals surface area (Å²) in [6.07, 6.45) is 0. The molecule has 0 heteroatoms. The first-order valence-electron chi connectivity index (χ1n) is 21.4. The van der Waals surface area contributed by atoms with Gasteiger partial charge in [-0.3, -0.25) is 0 Å². The summed E-state index contributed by atoms with van der Waals surface area (Å²) in [7, 11) is 0.